The maximum Gasteiger partial charge on any atom is 0.345 e. The Balaban J connectivity index is 0.000000194. The van der Waals surface area contributed by atoms with E-state index in [0.717, 1.165) is 17.2 Å². The Hall–Kier alpha value is -3.80. The highest BCUT2D eigenvalue weighted by Gasteiger charge is 2.36. The van der Waals surface area contributed by atoms with E-state index in [1.807, 2.05) is 35.2 Å². The fraction of sp³-hybridized carbons (Fsp3) is 0.500. The van der Waals surface area contributed by atoms with Crippen LogP contribution in [0.3, 0.4) is 0 Å². The first-order valence-corrected chi connectivity index (χ1v) is 14.3. The van der Waals surface area contributed by atoms with E-state index in [2.05, 4.69) is 5.32 Å². The van der Waals surface area contributed by atoms with E-state index in [-0.39, 0.29) is 29.9 Å². The minimum absolute atomic E-state index is 0.000806. The van der Waals surface area contributed by atoms with Gasteiger partial charge in [0.25, 0.3) is 0 Å². The maximum atomic E-state index is 13.9. The van der Waals surface area contributed by atoms with Crippen molar-refractivity contribution in [1.82, 2.24) is 25.6 Å². The Kier molecular flexibility index (Phi) is 11.0. The number of nitrogens with zero attached hydrogens (tertiary/aromatic N) is 3. The molecule has 3 aliphatic heterocycles. The molecule has 2 N–H and O–H groups in total. The van der Waals surface area contributed by atoms with Gasteiger partial charge in [-0.2, -0.15) is 5.54 Å². The van der Waals surface area contributed by atoms with Crippen LogP contribution in [0.2, 0.25) is 0 Å². The Bertz CT molecular complexity index is 1210. The number of nitrogens with one attached hydrogen (secondary N) is 2. The van der Waals surface area contributed by atoms with E-state index < -0.39 is 17.7 Å². The van der Waals surface area contributed by atoms with Gasteiger partial charge in [-0.05, 0) is 42.9 Å². The molecule has 0 aliphatic carbocycles. The van der Waals surface area contributed by atoms with Crippen molar-refractivity contribution in [3.05, 3.63) is 71.3 Å². The summed E-state index contributed by atoms with van der Waals surface area (Å²) in [6.07, 6.45) is 3.18. The van der Waals surface area contributed by atoms with Gasteiger partial charge in [-0.15, -0.1) is 0 Å². The zero-order valence-corrected chi connectivity index (χ0v) is 23.7. The topological polar surface area (TPSA) is 94.2 Å². The smallest absolute Gasteiger partial charge is 0.345 e. The van der Waals surface area contributed by atoms with Gasteiger partial charge in [0, 0.05) is 58.2 Å². The van der Waals surface area contributed by atoms with Crippen LogP contribution in [0.15, 0.2) is 48.5 Å². The molecule has 5 rings (SSSR count). The number of likely N-dealkylation sites (tertiary alicyclic amines) is 2. The van der Waals surface area contributed by atoms with Crippen molar-refractivity contribution in [3.8, 4) is 0 Å². The van der Waals surface area contributed by atoms with Crippen molar-refractivity contribution in [3.63, 3.8) is 0 Å². The standard InChI is InChI=1S/C15H19F2NO2.C15H19FN4O2/c1-20-9-8-18-10-11(4-2-7-14(18)19)12-5-3-6-13(16)15(12)17;16-18-15(22)19-8-6-12(7-9-19)20-10-13(17-14(20)21)11-4-2-1-3-5-11/h3,5-6,11H,2,4,7-10H2,1H3;1-5,12-13H,6-10H2,(H,17,21)(H,18,22)/t11-;/m1./s1. The van der Waals surface area contributed by atoms with Gasteiger partial charge in [0.15, 0.2) is 11.6 Å². The molecule has 9 nitrogen and oxygen atoms in total. The molecule has 3 heterocycles. The zero-order valence-electron chi connectivity index (χ0n) is 23.7. The normalized spacial score (nSPS) is 21.4. The molecule has 3 aliphatic rings. The van der Waals surface area contributed by atoms with Gasteiger partial charge in [0.1, 0.15) is 0 Å². The van der Waals surface area contributed by atoms with Crippen molar-refractivity contribution in [1.29, 1.82) is 0 Å². The number of piperidine rings is 1. The molecule has 3 saturated heterocycles. The summed E-state index contributed by atoms with van der Waals surface area (Å²) < 4.78 is 44.4. The third-order valence-corrected chi connectivity index (χ3v) is 8.14. The van der Waals surface area contributed by atoms with E-state index in [0.29, 0.717) is 77.0 Å². The summed E-state index contributed by atoms with van der Waals surface area (Å²) in [6.45, 7) is 2.90. The summed E-state index contributed by atoms with van der Waals surface area (Å²) in [5.74, 6) is -1.73. The second-order valence-corrected chi connectivity index (χ2v) is 10.7. The molecule has 0 aromatic heterocycles. The molecule has 3 fully saturated rings. The van der Waals surface area contributed by atoms with Gasteiger partial charge in [0.2, 0.25) is 5.91 Å². The minimum atomic E-state index is -0.832. The number of amides is 5. The van der Waals surface area contributed by atoms with Crippen molar-refractivity contribution in [2.24, 2.45) is 0 Å². The number of methoxy groups -OCH3 is 1. The van der Waals surface area contributed by atoms with Crippen LogP contribution >= 0.6 is 0 Å². The molecule has 2 atom stereocenters. The van der Waals surface area contributed by atoms with Crippen LogP contribution in [0.25, 0.3) is 0 Å². The fourth-order valence-corrected chi connectivity index (χ4v) is 5.81. The average Bonchev–Trinajstić information content (AvgIpc) is 3.31. The zero-order chi connectivity index (χ0) is 30.1. The van der Waals surface area contributed by atoms with Crippen LogP contribution in [-0.2, 0) is 9.53 Å². The molecule has 0 saturated carbocycles. The molecule has 1 unspecified atom stereocenters. The summed E-state index contributed by atoms with van der Waals surface area (Å²) in [6, 6.07) is 13.4. The second-order valence-electron chi connectivity index (χ2n) is 10.7. The highest BCUT2D eigenvalue weighted by atomic mass is 19.2. The third-order valence-electron chi connectivity index (χ3n) is 8.14. The molecular weight excluding hydrogens is 551 g/mol. The predicted octanol–water partition coefficient (Wildman–Crippen LogP) is 4.52. The molecule has 2 aromatic carbocycles. The van der Waals surface area contributed by atoms with Gasteiger partial charge in [0.05, 0.1) is 12.6 Å². The molecule has 0 spiro atoms. The number of halogens is 3. The quantitative estimate of drug-likeness (QED) is 0.485. The van der Waals surface area contributed by atoms with Crippen molar-refractivity contribution in [2.75, 3.05) is 46.4 Å². The number of carbonyl (C=O) groups excluding carboxylic acids is 3. The SMILES string of the molecule is COCCN1C[C@H](c2cccc(F)c2F)CCCC1=O.O=C(NF)N1CCC(N2CC(c3ccccc3)NC2=O)CC1. The van der Waals surface area contributed by atoms with E-state index >= 15 is 0 Å². The number of carbonyl (C=O) groups is 3. The second kappa shape index (κ2) is 14.9. The summed E-state index contributed by atoms with van der Waals surface area (Å²) in [7, 11) is 1.58. The first kappa shape index (κ1) is 31.1. The molecule has 0 radical (unpaired) electrons. The van der Waals surface area contributed by atoms with Crippen LogP contribution in [0, 0.1) is 11.6 Å². The number of hydrogen-bond donors (Lipinski definition) is 2. The molecule has 42 heavy (non-hydrogen) atoms. The van der Waals surface area contributed by atoms with Crippen LogP contribution in [-0.4, -0.2) is 85.2 Å². The predicted molar refractivity (Wildman–Crippen MR) is 150 cm³/mol. The summed E-state index contributed by atoms with van der Waals surface area (Å²) in [5, 5.41) is 3.00. The van der Waals surface area contributed by atoms with Crippen LogP contribution in [0.1, 0.15) is 55.2 Å². The molecule has 12 heteroatoms. The molecular formula is C30H38F3N5O4. The van der Waals surface area contributed by atoms with Crippen LogP contribution < -0.4 is 10.9 Å². The maximum absolute atomic E-state index is 13.9. The summed E-state index contributed by atoms with van der Waals surface area (Å²) in [5.41, 5.74) is 2.60. The Morgan fingerprint density at radius 1 is 1.02 bits per heavy atom. The van der Waals surface area contributed by atoms with E-state index in [4.69, 9.17) is 4.74 Å². The summed E-state index contributed by atoms with van der Waals surface area (Å²) in [4.78, 5) is 40.3. The lowest BCUT2D eigenvalue weighted by Gasteiger charge is -2.35. The van der Waals surface area contributed by atoms with Crippen LogP contribution in [0.5, 0.6) is 0 Å². The number of rotatable bonds is 6. The van der Waals surface area contributed by atoms with Crippen molar-refractivity contribution in [2.45, 2.75) is 50.1 Å². The fourth-order valence-electron chi connectivity index (χ4n) is 5.81. The number of ether oxygens (including phenoxy) is 1. The van der Waals surface area contributed by atoms with Gasteiger partial charge in [-0.1, -0.05) is 46.9 Å². The lowest BCUT2D eigenvalue weighted by Crippen LogP contribution is -2.49. The van der Waals surface area contributed by atoms with Gasteiger partial charge >= 0.3 is 12.1 Å². The lowest BCUT2D eigenvalue weighted by atomic mass is 9.93. The van der Waals surface area contributed by atoms with E-state index in [9.17, 15) is 27.6 Å². The minimum Gasteiger partial charge on any atom is -0.383 e. The molecule has 228 valence electrons. The van der Waals surface area contributed by atoms with Gasteiger partial charge in [-0.25, -0.2) is 18.4 Å². The monoisotopic (exact) mass is 589 g/mol. The number of urea groups is 2. The Morgan fingerprint density at radius 3 is 2.45 bits per heavy atom. The van der Waals surface area contributed by atoms with Gasteiger partial charge < -0.3 is 24.8 Å². The molecule has 0 bridgehead atoms. The average molecular weight is 590 g/mol. The van der Waals surface area contributed by atoms with Crippen molar-refractivity contribution >= 4 is 18.0 Å². The van der Waals surface area contributed by atoms with E-state index in [1.54, 1.807) is 18.1 Å². The number of benzene rings is 2. The lowest BCUT2D eigenvalue weighted by molar-refractivity contribution is -0.131. The van der Waals surface area contributed by atoms with Crippen LogP contribution in [0.4, 0.5) is 22.9 Å². The largest absolute Gasteiger partial charge is 0.383 e. The Labute approximate surface area is 243 Å². The molecule has 5 amide bonds. The molecule has 2 aromatic rings. The highest BCUT2D eigenvalue weighted by molar-refractivity contribution is 5.78. The Morgan fingerprint density at radius 2 is 1.76 bits per heavy atom. The first-order valence-electron chi connectivity index (χ1n) is 14.3. The highest BCUT2D eigenvalue weighted by Crippen LogP contribution is 2.30. The number of hydrogen-bond acceptors (Lipinski definition) is 4. The van der Waals surface area contributed by atoms with E-state index in [1.165, 1.54) is 11.0 Å². The van der Waals surface area contributed by atoms with Crippen molar-refractivity contribution < 1.29 is 32.4 Å². The first-order chi connectivity index (χ1) is 20.3. The van der Waals surface area contributed by atoms with Gasteiger partial charge in [-0.3, -0.25) is 4.79 Å². The summed E-state index contributed by atoms with van der Waals surface area (Å²) >= 11 is 0. The third kappa shape index (κ3) is 7.72.